The predicted octanol–water partition coefficient (Wildman–Crippen LogP) is 1.11. The minimum absolute atomic E-state index is 0. The van der Waals surface area contributed by atoms with Crippen molar-refractivity contribution in [1.29, 1.82) is 0 Å². The molecule has 0 fully saturated rings. The molecule has 2 nitrogen and oxygen atoms in total. The van der Waals surface area contributed by atoms with Crippen LogP contribution in [-0.2, 0) is 24.3 Å². The molecule has 0 spiro atoms. The number of carboxylic acids is 1. The van der Waals surface area contributed by atoms with Crippen molar-refractivity contribution in [3.05, 3.63) is 0 Å². The topological polar surface area (TPSA) is 37.3 Å². The van der Waals surface area contributed by atoms with E-state index in [-0.39, 0.29) is 19.5 Å². The van der Waals surface area contributed by atoms with E-state index in [0.29, 0.717) is 0 Å². The molecule has 0 atom stereocenters. The first-order chi connectivity index (χ1) is 2.94. The molecule has 0 unspecified atom stereocenters. The van der Waals surface area contributed by atoms with Crippen LogP contribution in [0.4, 0.5) is 0 Å². The van der Waals surface area contributed by atoms with Gasteiger partial charge in [-0.3, -0.25) is 4.79 Å². The maximum absolute atomic E-state index is 10.0. The molecule has 0 aromatic heterocycles. The monoisotopic (exact) mass is 204 g/mol. The van der Waals surface area contributed by atoms with Crippen molar-refractivity contribution in [3.63, 3.8) is 0 Å². The number of hydrogen-bond donors (Lipinski definition) is 1. The standard InChI is InChI=1S/C5H10O2.Ru/c1-5(2,3)4(6)7;/h1-3H3,(H,6,7);. The van der Waals surface area contributed by atoms with Crippen LogP contribution >= 0.6 is 0 Å². The molecule has 8 heavy (non-hydrogen) atoms. The van der Waals surface area contributed by atoms with Crippen molar-refractivity contribution in [1.82, 2.24) is 0 Å². The number of carbonyl (C=O) groups is 1. The number of aliphatic carboxylic acids is 1. The summed E-state index contributed by atoms with van der Waals surface area (Å²) in [6, 6.07) is 0. The van der Waals surface area contributed by atoms with E-state index in [4.69, 9.17) is 5.11 Å². The zero-order valence-corrected chi connectivity index (χ0v) is 6.95. The molecule has 0 saturated heterocycles. The zero-order valence-electron chi connectivity index (χ0n) is 5.21. The van der Waals surface area contributed by atoms with E-state index in [1.165, 1.54) is 0 Å². The Morgan fingerprint density at radius 3 is 1.50 bits per heavy atom. The maximum Gasteiger partial charge on any atom is 0.308 e. The Bertz CT molecular complexity index is 82.9. The third-order valence-corrected chi connectivity index (χ3v) is 0.642. The van der Waals surface area contributed by atoms with Crippen LogP contribution in [0.5, 0.6) is 0 Å². The summed E-state index contributed by atoms with van der Waals surface area (Å²) in [5.41, 5.74) is -0.583. The Hall–Kier alpha value is 0.0934. The Morgan fingerprint density at radius 1 is 1.38 bits per heavy atom. The first kappa shape index (κ1) is 11.0. The van der Waals surface area contributed by atoms with Gasteiger partial charge in [0, 0.05) is 19.5 Å². The fraction of sp³-hybridized carbons (Fsp3) is 0.800. The van der Waals surface area contributed by atoms with Gasteiger partial charge in [-0.15, -0.1) is 0 Å². The molecule has 0 aliphatic heterocycles. The van der Waals surface area contributed by atoms with Gasteiger partial charge in [-0.05, 0) is 20.8 Å². The first-order valence-corrected chi connectivity index (χ1v) is 2.18. The second kappa shape index (κ2) is 3.19. The van der Waals surface area contributed by atoms with Crippen LogP contribution in [-0.4, -0.2) is 11.1 Å². The molecule has 0 aromatic carbocycles. The minimum atomic E-state index is -0.757. The summed E-state index contributed by atoms with van der Waals surface area (Å²) in [5.74, 6) is -0.757. The fourth-order valence-corrected chi connectivity index (χ4v) is 0. The summed E-state index contributed by atoms with van der Waals surface area (Å²) in [4.78, 5) is 10.0. The van der Waals surface area contributed by atoms with Gasteiger partial charge < -0.3 is 5.11 Å². The van der Waals surface area contributed by atoms with Crippen LogP contribution < -0.4 is 0 Å². The van der Waals surface area contributed by atoms with Crippen LogP contribution in [0.2, 0.25) is 0 Å². The summed E-state index contributed by atoms with van der Waals surface area (Å²) >= 11 is 0. The van der Waals surface area contributed by atoms with Gasteiger partial charge in [-0.25, -0.2) is 0 Å². The van der Waals surface area contributed by atoms with E-state index in [9.17, 15) is 4.79 Å². The van der Waals surface area contributed by atoms with Gasteiger partial charge in [0.2, 0.25) is 0 Å². The summed E-state index contributed by atoms with van der Waals surface area (Å²) in [7, 11) is 0. The molecule has 3 heteroatoms. The average Bonchev–Trinajstić information content (AvgIpc) is 1.31. The molecular weight excluding hydrogens is 193 g/mol. The van der Waals surface area contributed by atoms with Crippen LogP contribution in [0.1, 0.15) is 20.8 Å². The predicted molar refractivity (Wildman–Crippen MR) is 27.1 cm³/mol. The normalized spacial score (nSPS) is 9.88. The molecule has 0 aromatic rings. The van der Waals surface area contributed by atoms with Gasteiger partial charge in [-0.1, -0.05) is 0 Å². The Morgan fingerprint density at radius 2 is 1.50 bits per heavy atom. The van der Waals surface area contributed by atoms with E-state index in [1.54, 1.807) is 20.8 Å². The minimum Gasteiger partial charge on any atom is -0.481 e. The van der Waals surface area contributed by atoms with Crippen molar-refractivity contribution in [2.45, 2.75) is 20.8 Å². The third-order valence-electron chi connectivity index (χ3n) is 0.642. The third kappa shape index (κ3) is 4.26. The van der Waals surface area contributed by atoms with Crippen molar-refractivity contribution in [2.75, 3.05) is 0 Å². The molecule has 0 aliphatic carbocycles. The van der Waals surface area contributed by atoms with Gasteiger partial charge in [0.15, 0.2) is 0 Å². The molecule has 0 aliphatic rings. The Labute approximate surface area is 62.0 Å². The summed E-state index contributed by atoms with van der Waals surface area (Å²) in [6.45, 7) is 4.99. The van der Waals surface area contributed by atoms with Crippen molar-refractivity contribution in [2.24, 2.45) is 5.41 Å². The molecule has 0 radical (unpaired) electrons. The number of rotatable bonds is 0. The molecule has 0 heterocycles. The van der Waals surface area contributed by atoms with E-state index < -0.39 is 11.4 Å². The van der Waals surface area contributed by atoms with Gasteiger partial charge in [0.25, 0.3) is 0 Å². The molecule has 1 N–H and O–H groups in total. The van der Waals surface area contributed by atoms with Crippen LogP contribution in [0.15, 0.2) is 0 Å². The summed E-state index contributed by atoms with van der Waals surface area (Å²) < 4.78 is 0. The van der Waals surface area contributed by atoms with E-state index in [1.807, 2.05) is 0 Å². The average molecular weight is 203 g/mol. The second-order valence-electron chi connectivity index (χ2n) is 2.56. The van der Waals surface area contributed by atoms with Crippen molar-refractivity contribution in [3.8, 4) is 0 Å². The van der Waals surface area contributed by atoms with Crippen molar-refractivity contribution < 1.29 is 29.4 Å². The summed E-state index contributed by atoms with van der Waals surface area (Å²) in [5, 5.41) is 8.25. The molecular formula is C5H10O2Ru. The maximum atomic E-state index is 10.0. The Balaban J connectivity index is 0. The molecule has 50 valence electrons. The van der Waals surface area contributed by atoms with Gasteiger partial charge in [0.05, 0.1) is 5.41 Å². The van der Waals surface area contributed by atoms with Gasteiger partial charge in [0.1, 0.15) is 0 Å². The van der Waals surface area contributed by atoms with Crippen LogP contribution in [0.25, 0.3) is 0 Å². The Kier molecular flexibility index (Phi) is 4.37. The summed E-state index contributed by atoms with van der Waals surface area (Å²) in [6.07, 6.45) is 0. The SMILES string of the molecule is CC(C)(C)C(=O)O.[Ru]. The van der Waals surface area contributed by atoms with Crippen LogP contribution in [0.3, 0.4) is 0 Å². The van der Waals surface area contributed by atoms with E-state index >= 15 is 0 Å². The second-order valence-corrected chi connectivity index (χ2v) is 2.56. The zero-order chi connectivity index (χ0) is 6.08. The van der Waals surface area contributed by atoms with Gasteiger partial charge >= 0.3 is 5.97 Å². The van der Waals surface area contributed by atoms with Crippen LogP contribution in [0, 0.1) is 5.41 Å². The molecule has 0 rings (SSSR count). The smallest absolute Gasteiger partial charge is 0.308 e. The van der Waals surface area contributed by atoms with E-state index in [0.717, 1.165) is 0 Å². The molecule has 0 amide bonds. The van der Waals surface area contributed by atoms with Crippen molar-refractivity contribution >= 4 is 5.97 Å². The molecule has 0 saturated carbocycles. The van der Waals surface area contributed by atoms with E-state index in [2.05, 4.69) is 0 Å². The fourth-order valence-electron chi connectivity index (χ4n) is 0. The number of carboxylic acid groups (broad SMARTS) is 1. The number of hydrogen-bond acceptors (Lipinski definition) is 1. The quantitative estimate of drug-likeness (QED) is 0.599. The van der Waals surface area contributed by atoms with Gasteiger partial charge in [-0.2, -0.15) is 0 Å². The largest absolute Gasteiger partial charge is 0.481 e. The first-order valence-electron chi connectivity index (χ1n) is 2.18. The molecule has 0 bridgehead atoms.